The SMILES string of the molecule is C=COP(=O)(CCCCCCCC/C=C\CCCCCCCC)CCCCCCCC/C=C\CCCCCCCC. The molecule has 3 heteroatoms. The van der Waals surface area contributed by atoms with Crippen LogP contribution in [-0.4, -0.2) is 12.3 Å². The predicted molar refractivity (Wildman–Crippen MR) is 188 cm³/mol. The van der Waals surface area contributed by atoms with Crippen LogP contribution in [-0.2, 0) is 9.09 Å². The van der Waals surface area contributed by atoms with Crippen molar-refractivity contribution in [2.24, 2.45) is 0 Å². The minimum absolute atomic E-state index is 0.727. The lowest BCUT2D eigenvalue weighted by atomic mass is 10.1. The van der Waals surface area contributed by atoms with Crippen molar-refractivity contribution in [2.45, 2.75) is 194 Å². The van der Waals surface area contributed by atoms with E-state index in [1.807, 2.05) is 0 Å². The van der Waals surface area contributed by atoms with Gasteiger partial charge in [0.2, 0.25) is 7.37 Å². The topological polar surface area (TPSA) is 26.3 Å². The van der Waals surface area contributed by atoms with Crippen LogP contribution >= 0.6 is 7.37 Å². The number of hydrogen-bond donors (Lipinski definition) is 0. The molecule has 0 heterocycles. The van der Waals surface area contributed by atoms with Crippen LogP contribution in [0.5, 0.6) is 0 Å². The quantitative estimate of drug-likeness (QED) is 0.0321. The zero-order valence-electron chi connectivity index (χ0n) is 28.1. The number of unbranched alkanes of at least 4 members (excludes halogenated alkanes) is 24. The molecule has 0 fully saturated rings. The van der Waals surface area contributed by atoms with Gasteiger partial charge in [0, 0.05) is 12.3 Å². The van der Waals surface area contributed by atoms with Crippen LogP contribution in [0.15, 0.2) is 37.1 Å². The lowest BCUT2D eigenvalue weighted by Gasteiger charge is -2.17. The molecule has 0 radical (unpaired) electrons. The summed E-state index contributed by atoms with van der Waals surface area (Å²) >= 11 is 0. The third-order valence-electron chi connectivity index (χ3n) is 8.29. The van der Waals surface area contributed by atoms with E-state index >= 15 is 0 Å². The highest BCUT2D eigenvalue weighted by Crippen LogP contribution is 2.49. The number of hydrogen-bond acceptors (Lipinski definition) is 2. The summed E-state index contributed by atoms with van der Waals surface area (Å²) in [5.74, 6) is 0. The molecule has 0 amide bonds. The van der Waals surface area contributed by atoms with Gasteiger partial charge in [-0.05, 0) is 64.2 Å². The Kier molecular flexibility index (Phi) is 33.1. The van der Waals surface area contributed by atoms with Gasteiger partial charge in [0.1, 0.15) is 0 Å². The molecule has 0 aromatic heterocycles. The van der Waals surface area contributed by atoms with E-state index in [1.165, 1.54) is 173 Å². The van der Waals surface area contributed by atoms with Gasteiger partial charge < -0.3 is 4.52 Å². The van der Waals surface area contributed by atoms with Crippen molar-refractivity contribution in [2.75, 3.05) is 12.3 Å². The van der Waals surface area contributed by atoms with Crippen LogP contribution in [0.2, 0.25) is 0 Å². The highest BCUT2D eigenvalue weighted by atomic mass is 31.2. The molecule has 0 unspecified atom stereocenters. The van der Waals surface area contributed by atoms with Crippen molar-refractivity contribution in [3.8, 4) is 0 Å². The van der Waals surface area contributed by atoms with Crippen molar-refractivity contribution in [1.82, 2.24) is 0 Å². The van der Waals surface area contributed by atoms with E-state index in [0.717, 1.165) is 25.2 Å². The van der Waals surface area contributed by atoms with E-state index < -0.39 is 7.37 Å². The molecule has 0 atom stereocenters. The van der Waals surface area contributed by atoms with E-state index in [9.17, 15) is 4.57 Å². The molecule has 0 aromatic carbocycles. The summed E-state index contributed by atoms with van der Waals surface area (Å²) in [6.07, 6.45) is 48.8. The Morgan fingerprint density at radius 1 is 0.439 bits per heavy atom. The second-order valence-corrected chi connectivity index (χ2v) is 15.1. The molecule has 0 aromatic rings. The summed E-state index contributed by atoms with van der Waals surface area (Å²) in [6, 6.07) is 0. The van der Waals surface area contributed by atoms with E-state index in [1.54, 1.807) is 0 Å². The Bertz CT molecular complexity index is 578. The molecule has 0 bridgehead atoms. The fourth-order valence-corrected chi connectivity index (χ4v) is 7.67. The fourth-order valence-electron chi connectivity index (χ4n) is 5.55. The van der Waals surface area contributed by atoms with Crippen molar-refractivity contribution < 1.29 is 9.09 Å². The summed E-state index contributed by atoms with van der Waals surface area (Å²) in [4.78, 5) is 0. The monoisotopic (exact) mass is 593 g/mol. The van der Waals surface area contributed by atoms with Gasteiger partial charge in [-0.1, -0.05) is 160 Å². The molecule has 0 saturated heterocycles. The van der Waals surface area contributed by atoms with E-state index in [-0.39, 0.29) is 0 Å². The molecular formula is C38H73O2P. The first-order valence-electron chi connectivity index (χ1n) is 18.4. The number of rotatable bonds is 34. The Labute approximate surface area is 259 Å². The van der Waals surface area contributed by atoms with Gasteiger partial charge in [-0.3, -0.25) is 4.57 Å². The molecule has 41 heavy (non-hydrogen) atoms. The average Bonchev–Trinajstić information content (AvgIpc) is 2.97. The second kappa shape index (κ2) is 33.7. The van der Waals surface area contributed by atoms with Gasteiger partial charge in [0.25, 0.3) is 0 Å². The van der Waals surface area contributed by atoms with Gasteiger partial charge in [0.05, 0.1) is 6.26 Å². The zero-order chi connectivity index (χ0) is 30.0. The first-order valence-corrected chi connectivity index (χ1v) is 20.4. The normalized spacial score (nSPS) is 12.1. The first kappa shape index (κ1) is 40.2. The Morgan fingerprint density at radius 2 is 0.707 bits per heavy atom. The van der Waals surface area contributed by atoms with Crippen LogP contribution in [0, 0.1) is 0 Å². The maximum atomic E-state index is 13.2. The second-order valence-electron chi connectivity index (χ2n) is 12.4. The molecule has 2 nitrogen and oxygen atoms in total. The van der Waals surface area contributed by atoms with Crippen LogP contribution < -0.4 is 0 Å². The van der Waals surface area contributed by atoms with Crippen molar-refractivity contribution in [3.05, 3.63) is 37.1 Å². The first-order chi connectivity index (χ1) is 20.2. The maximum absolute atomic E-state index is 13.2. The lowest BCUT2D eigenvalue weighted by Crippen LogP contribution is -1.98. The molecule has 242 valence electrons. The molecule has 0 saturated carbocycles. The predicted octanol–water partition coefficient (Wildman–Crippen LogP) is 14.5. The summed E-state index contributed by atoms with van der Waals surface area (Å²) in [5, 5.41) is 0. The molecule has 0 aliphatic carbocycles. The standard InChI is InChI=1S/C38H73O2P/c1-4-7-9-11-13-15-17-19-21-23-25-27-29-31-33-35-37-41(39,40-6-3)38-36-34-32-30-28-26-24-22-20-18-16-14-12-10-8-5-2/h6,19-22H,3-5,7-18,23-38H2,1-2H3/b21-19-,22-20-. The molecule has 0 aliphatic rings. The smallest absolute Gasteiger partial charge is 0.247 e. The van der Waals surface area contributed by atoms with E-state index in [4.69, 9.17) is 4.52 Å². The van der Waals surface area contributed by atoms with Gasteiger partial charge in [0.15, 0.2) is 0 Å². The van der Waals surface area contributed by atoms with Gasteiger partial charge in [-0.2, -0.15) is 0 Å². The minimum atomic E-state index is -2.53. The zero-order valence-corrected chi connectivity index (χ0v) is 29.0. The third kappa shape index (κ3) is 32.0. The van der Waals surface area contributed by atoms with Crippen LogP contribution in [0.25, 0.3) is 0 Å². The molecule has 0 rings (SSSR count). The highest BCUT2D eigenvalue weighted by Gasteiger charge is 2.21. The Hall–Kier alpha value is -0.750. The fraction of sp³-hybridized carbons (Fsp3) is 0.842. The molecule has 0 spiro atoms. The van der Waals surface area contributed by atoms with Gasteiger partial charge >= 0.3 is 0 Å². The molecule has 0 aliphatic heterocycles. The Balaban J connectivity index is 3.60. The summed E-state index contributed by atoms with van der Waals surface area (Å²) < 4.78 is 18.8. The summed E-state index contributed by atoms with van der Waals surface area (Å²) in [6.45, 7) is 8.25. The van der Waals surface area contributed by atoms with Crippen LogP contribution in [0.4, 0.5) is 0 Å². The van der Waals surface area contributed by atoms with Crippen LogP contribution in [0.3, 0.4) is 0 Å². The summed E-state index contributed by atoms with van der Waals surface area (Å²) in [5.41, 5.74) is 0. The van der Waals surface area contributed by atoms with E-state index in [2.05, 4.69) is 44.7 Å². The van der Waals surface area contributed by atoms with Crippen molar-refractivity contribution in [3.63, 3.8) is 0 Å². The van der Waals surface area contributed by atoms with Gasteiger partial charge in [-0.25, -0.2) is 0 Å². The average molecular weight is 593 g/mol. The minimum Gasteiger partial charge on any atom is -0.451 e. The largest absolute Gasteiger partial charge is 0.451 e. The Morgan fingerprint density at radius 3 is 1.00 bits per heavy atom. The van der Waals surface area contributed by atoms with Crippen molar-refractivity contribution >= 4 is 7.37 Å². The molecular weight excluding hydrogens is 519 g/mol. The highest BCUT2D eigenvalue weighted by molar-refractivity contribution is 7.59. The number of allylic oxidation sites excluding steroid dienone is 4. The lowest BCUT2D eigenvalue weighted by molar-refractivity contribution is 0.434. The van der Waals surface area contributed by atoms with E-state index in [0.29, 0.717) is 0 Å². The van der Waals surface area contributed by atoms with Crippen LogP contribution in [0.1, 0.15) is 194 Å². The van der Waals surface area contributed by atoms with Crippen molar-refractivity contribution in [1.29, 1.82) is 0 Å². The maximum Gasteiger partial charge on any atom is 0.247 e. The summed E-state index contributed by atoms with van der Waals surface area (Å²) in [7, 11) is -2.53. The third-order valence-corrected chi connectivity index (χ3v) is 10.8. The van der Waals surface area contributed by atoms with Gasteiger partial charge in [-0.15, -0.1) is 0 Å². The molecule has 0 N–H and O–H groups in total.